The van der Waals surface area contributed by atoms with E-state index in [1.54, 1.807) is 18.2 Å². The number of nitrogens with zero attached hydrogens (tertiary/aromatic N) is 1. The van der Waals surface area contributed by atoms with E-state index in [0.29, 0.717) is 22.3 Å². The van der Waals surface area contributed by atoms with Crippen molar-refractivity contribution in [3.63, 3.8) is 0 Å². The van der Waals surface area contributed by atoms with Gasteiger partial charge in [0.05, 0.1) is 10.0 Å². The minimum atomic E-state index is -0.611. The number of piperidine rings is 1. The van der Waals surface area contributed by atoms with E-state index in [-0.39, 0.29) is 18.4 Å². The molecule has 0 spiro atoms. The van der Waals surface area contributed by atoms with Crippen molar-refractivity contribution >= 4 is 29.1 Å². The maximum atomic E-state index is 11.1. The summed E-state index contributed by atoms with van der Waals surface area (Å²) in [5.74, 6) is 0.296. The Hall–Kier alpha value is -1.01. The van der Waals surface area contributed by atoms with Gasteiger partial charge in [0.1, 0.15) is 18.5 Å². The second kappa shape index (κ2) is 8.02. The number of rotatable bonds is 6. The second-order valence-corrected chi connectivity index (χ2v) is 6.33. The van der Waals surface area contributed by atoms with Crippen molar-refractivity contribution in [2.45, 2.75) is 18.9 Å². The first-order chi connectivity index (χ1) is 10.5. The predicted octanol–water partition coefficient (Wildman–Crippen LogP) is 1.93. The maximum Gasteiger partial charge on any atom is 0.220 e. The van der Waals surface area contributed by atoms with E-state index >= 15 is 0 Å². The average molecular weight is 347 g/mol. The standard InChI is InChI=1S/C15H20Cl2N2O3/c16-13-2-1-12(7-14(13)17)22-9-11(20)8-19-5-3-10(4-6-19)15(18)21/h1-2,7,10-11,20H,3-6,8-9H2,(H2,18,21)/t11-/m1/s1. The molecular formula is C15H20Cl2N2O3. The van der Waals surface area contributed by atoms with Gasteiger partial charge < -0.3 is 20.5 Å². The van der Waals surface area contributed by atoms with Crippen LogP contribution in [0.4, 0.5) is 0 Å². The third-order valence-electron chi connectivity index (χ3n) is 3.79. The van der Waals surface area contributed by atoms with E-state index in [4.69, 9.17) is 33.7 Å². The van der Waals surface area contributed by atoms with Gasteiger partial charge in [-0.3, -0.25) is 4.79 Å². The van der Waals surface area contributed by atoms with E-state index in [0.717, 1.165) is 25.9 Å². The molecule has 0 aromatic heterocycles. The van der Waals surface area contributed by atoms with Crippen LogP contribution < -0.4 is 10.5 Å². The Morgan fingerprint density at radius 2 is 2.05 bits per heavy atom. The molecule has 1 fully saturated rings. The molecule has 5 nitrogen and oxygen atoms in total. The quantitative estimate of drug-likeness (QED) is 0.825. The summed E-state index contributed by atoms with van der Waals surface area (Å²) in [6.07, 6.45) is 0.880. The number of ether oxygens (including phenoxy) is 1. The molecule has 1 amide bonds. The fraction of sp³-hybridized carbons (Fsp3) is 0.533. The number of benzene rings is 1. The normalized spacial score (nSPS) is 18.1. The number of aliphatic hydroxyl groups excluding tert-OH is 1. The van der Waals surface area contributed by atoms with Crippen LogP contribution in [0.1, 0.15) is 12.8 Å². The summed E-state index contributed by atoms with van der Waals surface area (Å²) in [5.41, 5.74) is 5.30. The van der Waals surface area contributed by atoms with Gasteiger partial charge in [0.25, 0.3) is 0 Å². The van der Waals surface area contributed by atoms with Crippen LogP contribution in [0, 0.1) is 5.92 Å². The van der Waals surface area contributed by atoms with Crippen LogP contribution in [-0.2, 0) is 4.79 Å². The van der Waals surface area contributed by atoms with Crippen molar-refractivity contribution in [3.05, 3.63) is 28.2 Å². The van der Waals surface area contributed by atoms with E-state index in [1.807, 2.05) is 0 Å². The predicted molar refractivity (Wildman–Crippen MR) is 86.3 cm³/mol. The molecule has 0 aliphatic carbocycles. The molecule has 122 valence electrons. The Labute approximate surface area is 139 Å². The van der Waals surface area contributed by atoms with E-state index < -0.39 is 6.10 Å². The second-order valence-electron chi connectivity index (χ2n) is 5.52. The smallest absolute Gasteiger partial charge is 0.220 e. The third kappa shape index (κ3) is 5.02. The number of primary amides is 1. The van der Waals surface area contributed by atoms with Crippen molar-refractivity contribution in [3.8, 4) is 5.75 Å². The van der Waals surface area contributed by atoms with Crippen LogP contribution >= 0.6 is 23.2 Å². The molecule has 1 saturated heterocycles. The van der Waals surface area contributed by atoms with E-state index in [2.05, 4.69) is 4.90 Å². The van der Waals surface area contributed by atoms with Crippen molar-refractivity contribution in [1.29, 1.82) is 0 Å². The molecule has 1 atom stereocenters. The van der Waals surface area contributed by atoms with Crippen molar-refractivity contribution in [2.24, 2.45) is 11.7 Å². The largest absolute Gasteiger partial charge is 0.491 e. The Morgan fingerprint density at radius 3 is 2.64 bits per heavy atom. The van der Waals surface area contributed by atoms with Crippen LogP contribution in [-0.4, -0.2) is 48.3 Å². The lowest BCUT2D eigenvalue weighted by molar-refractivity contribution is -0.123. The first-order valence-corrected chi connectivity index (χ1v) is 7.99. The molecule has 0 radical (unpaired) electrons. The highest BCUT2D eigenvalue weighted by atomic mass is 35.5. The molecule has 1 aromatic rings. The number of halogens is 2. The summed E-state index contributed by atoms with van der Waals surface area (Å²) in [5, 5.41) is 10.9. The number of carbonyl (C=O) groups excluding carboxylic acids is 1. The van der Waals surface area contributed by atoms with Gasteiger partial charge in [0.2, 0.25) is 5.91 Å². The molecule has 1 heterocycles. The third-order valence-corrected chi connectivity index (χ3v) is 4.53. The molecule has 1 aliphatic heterocycles. The van der Waals surface area contributed by atoms with Crippen molar-refractivity contribution in [2.75, 3.05) is 26.2 Å². The zero-order valence-electron chi connectivity index (χ0n) is 12.2. The molecule has 1 aromatic carbocycles. The number of amides is 1. The van der Waals surface area contributed by atoms with Gasteiger partial charge in [-0.2, -0.15) is 0 Å². The molecule has 0 saturated carbocycles. The minimum absolute atomic E-state index is 0.0409. The van der Waals surface area contributed by atoms with Crippen LogP contribution in [0.25, 0.3) is 0 Å². The lowest BCUT2D eigenvalue weighted by Gasteiger charge is -2.31. The van der Waals surface area contributed by atoms with Gasteiger partial charge in [-0.05, 0) is 38.1 Å². The number of aliphatic hydroxyl groups is 1. The molecule has 3 N–H and O–H groups in total. The van der Waals surface area contributed by atoms with Gasteiger partial charge in [-0.15, -0.1) is 0 Å². The Morgan fingerprint density at radius 1 is 1.36 bits per heavy atom. The lowest BCUT2D eigenvalue weighted by Crippen LogP contribution is -2.43. The Balaban J connectivity index is 1.73. The van der Waals surface area contributed by atoms with Gasteiger partial charge >= 0.3 is 0 Å². The number of carbonyl (C=O) groups is 1. The number of nitrogens with two attached hydrogens (primary N) is 1. The van der Waals surface area contributed by atoms with E-state index in [1.165, 1.54) is 0 Å². The molecule has 0 unspecified atom stereocenters. The summed E-state index contributed by atoms with van der Waals surface area (Å²) >= 11 is 11.7. The van der Waals surface area contributed by atoms with Crippen molar-refractivity contribution < 1.29 is 14.6 Å². The minimum Gasteiger partial charge on any atom is -0.491 e. The number of β-amino-alcohol motifs (C(OH)–C–C–N with tert-alkyl or cyclic N) is 1. The van der Waals surface area contributed by atoms with Gasteiger partial charge in [0, 0.05) is 18.5 Å². The number of likely N-dealkylation sites (tertiary alicyclic amines) is 1. The summed E-state index contributed by atoms with van der Waals surface area (Å²) in [7, 11) is 0. The summed E-state index contributed by atoms with van der Waals surface area (Å²) < 4.78 is 5.51. The highest BCUT2D eigenvalue weighted by molar-refractivity contribution is 6.42. The fourth-order valence-electron chi connectivity index (χ4n) is 2.51. The Bertz CT molecular complexity index is 520. The fourth-order valence-corrected chi connectivity index (χ4v) is 2.80. The zero-order valence-corrected chi connectivity index (χ0v) is 13.7. The first-order valence-electron chi connectivity index (χ1n) is 7.23. The summed E-state index contributed by atoms with van der Waals surface area (Å²) in [6, 6.07) is 4.98. The molecule has 1 aliphatic rings. The van der Waals surface area contributed by atoms with Gasteiger partial charge in [-0.1, -0.05) is 23.2 Å². The van der Waals surface area contributed by atoms with Crippen LogP contribution in [0.5, 0.6) is 5.75 Å². The van der Waals surface area contributed by atoms with Crippen LogP contribution in [0.3, 0.4) is 0 Å². The number of hydrogen-bond acceptors (Lipinski definition) is 4. The highest BCUT2D eigenvalue weighted by Crippen LogP contribution is 2.26. The number of hydrogen-bond donors (Lipinski definition) is 2. The first kappa shape index (κ1) is 17.3. The summed E-state index contributed by atoms with van der Waals surface area (Å²) in [6.45, 7) is 2.20. The van der Waals surface area contributed by atoms with Crippen LogP contribution in [0.15, 0.2) is 18.2 Å². The maximum absolute atomic E-state index is 11.1. The molecule has 0 bridgehead atoms. The lowest BCUT2D eigenvalue weighted by atomic mass is 9.96. The van der Waals surface area contributed by atoms with E-state index in [9.17, 15) is 9.90 Å². The van der Waals surface area contributed by atoms with Crippen molar-refractivity contribution in [1.82, 2.24) is 4.90 Å². The molecular weight excluding hydrogens is 327 g/mol. The van der Waals surface area contributed by atoms with Gasteiger partial charge in [-0.25, -0.2) is 0 Å². The molecule has 2 rings (SSSR count). The van der Waals surface area contributed by atoms with Crippen LogP contribution in [0.2, 0.25) is 10.0 Å². The average Bonchev–Trinajstić information content (AvgIpc) is 2.49. The molecule has 7 heteroatoms. The monoisotopic (exact) mass is 346 g/mol. The highest BCUT2D eigenvalue weighted by Gasteiger charge is 2.24. The molecule has 22 heavy (non-hydrogen) atoms. The SMILES string of the molecule is NC(=O)C1CCN(C[C@@H](O)COc2ccc(Cl)c(Cl)c2)CC1. The summed E-state index contributed by atoms with van der Waals surface area (Å²) in [4.78, 5) is 13.2. The topological polar surface area (TPSA) is 75.8 Å². The zero-order chi connectivity index (χ0) is 16.1. The Kier molecular flexibility index (Phi) is 6.32. The van der Waals surface area contributed by atoms with Gasteiger partial charge in [0.15, 0.2) is 0 Å².